The molecule has 6 nitrogen and oxygen atoms in total. The Hall–Kier alpha value is -2.42. The van der Waals surface area contributed by atoms with Crippen LogP contribution in [0.3, 0.4) is 0 Å². The molecule has 0 amide bonds. The Labute approximate surface area is 168 Å². The Balaban J connectivity index is 1.96. The molecule has 2 aromatic rings. The molecule has 28 heavy (non-hydrogen) atoms. The van der Waals surface area contributed by atoms with Crippen molar-refractivity contribution in [3.63, 3.8) is 0 Å². The number of hydrogen-bond acceptors (Lipinski definition) is 6. The average Bonchev–Trinajstić information content (AvgIpc) is 3.37. The maximum Gasteiger partial charge on any atom is 0.252 e. The molecule has 0 bridgehead atoms. The fourth-order valence-corrected chi connectivity index (χ4v) is 5.91. The Morgan fingerprint density at radius 2 is 1.93 bits per heavy atom. The van der Waals surface area contributed by atoms with E-state index in [1.54, 1.807) is 30.3 Å². The topological polar surface area (TPSA) is 86.7 Å². The van der Waals surface area contributed by atoms with Crippen molar-refractivity contribution >= 4 is 39.0 Å². The second kappa shape index (κ2) is 8.72. The lowest BCUT2D eigenvalue weighted by Gasteiger charge is -2.13. The molecule has 2 heterocycles. The highest BCUT2D eigenvalue weighted by Gasteiger charge is 2.28. The van der Waals surface area contributed by atoms with Crippen LogP contribution in [0.5, 0.6) is 5.75 Å². The summed E-state index contributed by atoms with van der Waals surface area (Å²) in [6.45, 7) is 4.86. The van der Waals surface area contributed by atoms with Gasteiger partial charge in [0.05, 0.1) is 5.97 Å². The zero-order valence-corrected chi connectivity index (χ0v) is 16.8. The normalized spacial score (nSPS) is 15.5. The number of thiophene rings is 1. The molecule has 1 aromatic carbocycles. The van der Waals surface area contributed by atoms with Crippen molar-refractivity contribution in [1.82, 2.24) is 4.31 Å². The lowest BCUT2D eigenvalue weighted by Crippen LogP contribution is -2.27. The summed E-state index contributed by atoms with van der Waals surface area (Å²) in [6.07, 6.45) is 4.70. The van der Waals surface area contributed by atoms with Gasteiger partial charge in [-0.15, -0.1) is 11.3 Å². The summed E-state index contributed by atoms with van der Waals surface area (Å²) in [5.41, 5.74) is 0.462. The van der Waals surface area contributed by atoms with Crippen LogP contribution in [0.2, 0.25) is 0 Å². The summed E-state index contributed by atoms with van der Waals surface area (Å²) in [6, 6.07) is 9.93. The van der Waals surface area contributed by atoms with Crippen molar-refractivity contribution < 1.29 is 23.1 Å². The molecule has 0 atom stereocenters. The minimum Gasteiger partial charge on any atom is -0.545 e. The number of carboxylic acid groups (broad SMARTS) is 1. The van der Waals surface area contributed by atoms with Gasteiger partial charge in [-0.25, -0.2) is 8.42 Å². The Kier molecular flexibility index (Phi) is 6.33. The maximum absolute atomic E-state index is 12.7. The van der Waals surface area contributed by atoms with Gasteiger partial charge in [0, 0.05) is 29.1 Å². The van der Waals surface area contributed by atoms with Crippen molar-refractivity contribution in [3.05, 3.63) is 59.5 Å². The van der Waals surface area contributed by atoms with Crippen LogP contribution >= 0.6 is 11.3 Å². The SMILES string of the molecule is C=CCOc1ccccc1/C=C(\C(=O)[O-])c1ccc(S(=O)(=O)N2CCCC2)s1. The second-order valence-corrected chi connectivity index (χ2v) is 9.46. The molecule has 1 aliphatic heterocycles. The highest BCUT2D eigenvalue weighted by Crippen LogP contribution is 2.33. The van der Waals surface area contributed by atoms with Crippen molar-refractivity contribution in [1.29, 1.82) is 0 Å². The van der Waals surface area contributed by atoms with Gasteiger partial charge in [0.1, 0.15) is 16.6 Å². The zero-order valence-electron chi connectivity index (χ0n) is 15.2. The third kappa shape index (κ3) is 4.35. The molecule has 0 unspecified atom stereocenters. The summed E-state index contributed by atoms with van der Waals surface area (Å²) in [4.78, 5) is 12.1. The summed E-state index contributed by atoms with van der Waals surface area (Å²) >= 11 is 0.930. The molecule has 0 aliphatic carbocycles. The first-order chi connectivity index (χ1) is 13.4. The van der Waals surface area contributed by atoms with E-state index in [1.807, 2.05) is 0 Å². The van der Waals surface area contributed by atoms with Gasteiger partial charge in [0.15, 0.2) is 0 Å². The Bertz CT molecular complexity index is 1000. The Morgan fingerprint density at radius 1 is 1.21 bits per heavy atom. The molecule has 0 radical (unpaired) electrons. The van der Waals surface area contributed by atoms with Gasteiger partial charge in [-0.05, 0) is 37.1 Å². The van der Waals surface area contributed by atoms with Gasteiger partial charge in [0.2, 0.25) is 0 Å². The summed E-state index contributed by atoms with van der Waals surface area (Å²) in [5, 5.41) is 11.8. The molecule has 8 heteroatoms. The minimum absolute atomic E-state index is 0.0949. The molecule has 1 fully saturated rings. The fourth-order valence-electron chi connectivity index (χ4n) is 2.93. The predicted molar refractivity (Wildman–Crippen MR) is 107 cm³/mol. The van der Waals surface area contributed by atoms with Gasteiger partial charge in [0.25, 0.3) is 10.0 Å². The van der Waals surface area contributed by atoms with Gasteiger partial charge >= 0.3 is 0 Å². The van der Waals surface area contributed by atoms with Crippen molar-refractivity contribution in [2.45, 2.75) is 17.1 Å². The predicted octanol–water partition coefficient (Wildman–Crippen LogP) is 2.39. The molecular weight excluding hydrogens is 398 g/mol. The quantitative estimate of drug-likeness (QED) is 0.485. The lowest BCUT2D eigenvalue weighted by molar-refractivity contribution is -0.295. The molecule has 0 spiro atoms. The summed E-state index contributed by atoms with van der Waals surface area (Å²) in [7, 11) is -3.59. The molecule has 148 valence electrons. The van der Waals surface area contributed by atoms with E-state index >= 15 is 0 Å². The third-order valence-corrected chi connectivity index (χ3v) is 7.79. The van der Waals surface area contributed by atoms with Crippen molar-refractivity contribution in [2.24, 2.45) is 0 Å². The molecule has 0 N–H and O–H groups in total. The standard InChI is InChI=1S/C20H21NO5S2/c1-2-13-26-17-8-4-3-7-15(17)14-16(20(22)23)18-9-10-19(27-18)28(24,25)21-11-5-6-12-21/h2-4,7-10,14H,1,5-6,11-13H2,(H,22,23)/p-1/b16-14-. The van der Waals surface area contributed by atoms with Crippen molar-refractivity contribution in [2.75, 3.05) is 19.7 Å². The van der Waals surface area contributed by atoms with E-state index in [0.717, 1.165) is 24.2 Å². The van der Waals surface area contributed by atoms with Gasteiger partial charge < -0.3 is 14.6 Å². The van der Waals surface area contributed by atoms with E-state index in [1.165, 1.54) is 22.5 Å². The zero-order chi connectivity index (χ0) is 20.1. The number of para-hydroxylation sites is 1. The van der Waals surface area contributed by atoms with Crippen LogP contribution in [0.4, 0.5) is 0 Å². The molecule has 0 saturated carbocycles. The molecule has 1 aromatic heterocycles. The van der Waals surface area contributed by atoms with Crippen molar-refractivity contribution in [3.8, 4) is 5.75 Å². The van der Waals surface area contributed by atoms with Crippen LogP contribution in [0.25, 0.3) is 11.6 Å². The lowest BCUT2D eigenvalue weighted by atomic mass is 10.1. The molecule has 3 rings (SSSR count). The second-order valence-electron chi connectivity index (χ2n) is 6.21. The monoisotopic (exact) mass is 418 g/mol. The summed E-state index contributed by atoms with van der Waals surface area (Å²) < 4.78 is 32.5. The number of carbonyl (C=O) groups is 1. The minimum atomic E-state index is -3.59. The number of carbonyl (C=O) groups excluding carboxylic acids is 1. The van der Waals surface area contributed by atoms with Crippen LogP contribution in [0, 0.1) is 0 Å². The number of sulfonamides is 1. The van der Waals surface area contributed by atoms with E-state index in [4.69, 9.17) is 4.74 Å². The van der Waals surface area contributed by atoms with Crippen LogP contribution in [0.15, 0.2) is 53.3 Å². The van der Waals surface area contributed by atoms with E-state index < -0.39 is 16.0 Å². The fraction of sp³-hybridized carbons (Fsp3) is 0.250. The first-order valence-corrected chi connectivity index (χ1v) is 11.1. The van der Waals surface area contributed by atoms with Gasteiger partial charge in [-0.2, -0.15) is 4.31 Å². The van der Waals surface area contributed by atoms with E-state index in [2.05, 4.69) is 6.58 Å². The van der Waals surface area contributed by atoms with Crippen LogP contribution in [-0.2, 0) is 14.8 Å². The Morgan fingerprint density at radius 3 is 2.61 bits per heavy atom. The number of aliphatic carboxylic acids is 1. The maximum atomic E-state index is 12.7. The van der Waals surface area contributed by atoms with Crippen LogP contribution in [0.1, 0.15) is 23.3 Å². The van der Waals surface area contributed by atoms with Crippen LogP contribution in [-0.4, -0.2) is 38.4 Å². The van der Waals surface area contributed by atoms with Gasteiger partial charge in [-0.1, -0.05) is 30.9 Å². The van der Waals surface area contributed by atoms with E-state index in [-0.39, 0.29) is 16.4 Å². The number of ether oxygens (including phenoxy) is 1. The summed E-state index contributed by atoms with van der Waals surface area (Å²) in [5.74, 6) is -0.881. The first-order valence-electron chi connectivity index (χ1n) is 8.79. The van der Waals surface area contributed by atoms with E-state index in [9.17, 15) is 18.3 Å². The number of carboxylic acids is 1. The van der Waals surface area contributed by atoms with Gasteiger partial charge in [-0.3, -0.25) is 0 Å². The molecule has 1 saturated heterocycles. The average molecular weight is 419 g/mol. The largest absolute Gasteiger partial charge is 0.545 e. The third-order valence-electron chi connectivity index (χ3n) is 4.30. The molecule has 1 aliphatic rings. The highest BCUT2D eigenvalue weighted by molar-refractivity contribution is 7.91. The number of rotatable bonds is 8. The number of nitrogens with zero attached hydrogens (tertiary/aromatic N) is 1. The van der Waals surface area contributed by atoms with Crippen LogP contribution < -0.4 is 9.84 Å². The molecular formula is C20H20NO5S2-. The van der Waals surface area contributed by atoms with E-state index in [0.29, 0.717) is 29.3 Å². The highest BCUT2D eigenvalue weighted by atomic mass is 32.2. The first kappa shape index (κ1) is 20.3. The number of hydrogen-bond donors (Lipinski definition) is 0. The number of benzene rings is 1. The smallest absolute Gasteiger partial charge is 0.252 e.